The summed E-state index contributed by atoms with van der Waals surface area (Å²) in [6.45, 7) is 5.41. The summed E-state index contributed by atoms with van der Waals surface area (Å²) >= 11 is 1.22. The average molecular weight is 212 g/mol. The molecule has 0 amide bonds. The second kappa shape index (κ2) is 3.92. The van der Waals surface area contributed by atoms with E-state index in [2.05, 4.69) is 0 Å². The summed E-state index contributed by atoms with van der Waals surface area (Å²) in [6.07, 6.45) is 0.713. The van der Waals surface area contributed by atoms with Gasteiger partial charge in [0.2, 0.25) is 0 Å². The molecule has 1 aromatic rings. The van der Waals surface area contributed by atoms with E-state index in [1.165, 1.54) is 17.4 Å². The van der Waals surface area contributed by atoms with Crippen LogP contribution in [0.25, 0.3) is 0 Å². The van der Waals surface area contributed by atoms with Crippen LogP contribution in [0.3, 0.4) is 0 Å². The maximum Gasteiger partial charge on any atom is 0.348 e. The number of thiophene rings is 1. The fourth-order valence-electron chi connectivity index (χ4n) is 0.848. The summed E-state index contributed by atoms with van der Waals surface area (Å²) in [5.41, 5.74) is 0.0125. The van der Waals surface area contributed by atoms with Gasteiger partial charge in [0.1, 0.15) is 10.5 Å². The quantitative estimate of drug-likeness (QED) is 0.559. The molecule has 14 heavy (non-hydrogen) atoms. The van der Waals surface area contributed by atoms with E-state index in [-0.39, 0.29) is 5.97 Å². The van der Waals surface area contributed by atoms with Crippen molar-refractivity contribution in [2.75, 3.05) is 0 Å². The van der Waals surface area contributed by atoms with E-state index in [0.29, 0.717) is 16.7 Å². The number of rotatable bonds is 2. The van der Waals surface area contributed by atoms with Gasteiger partial charge in [-0.2, -0.15) is 0 Å². The minimum atomic E-state index is -0.498. The zero-order valence-corrected chi connectivity index (χ0v) is 9.18. The Labute approximate surface area is 86.7 Å². The summed E-state index contributed by atoms with van der Waals surface area (Å²) < 4.78 is 5.14. The van der Waals surface area contributed by atoms with E-state index in [1.54, 1.807) is 26.2 Å². The largest absolute Gasteiger partial charge is 0.456 e. The molecule has 0 saturated heterocycles. The average Bonchev–Trinajstić information content (AvgIpc) is 2.48. The zero-order chi connectivity index (χ0) is 10.8. The van der Waals surface area contributed by atoms with Gasteiger partial charge in [-0.3, -0.25) is 4.79 Å². The van der Waals surface area contributed by atoms with E-state index in [0.717, 1.165) is 0 Å². The highest BCUT2D eigenvalue weighted by molar-refractivity contribution is 7.12. The second-order valence-electron chi connectivity index (χ2n) is 3.86. The van der Waals surface area contributed by atoms with Gasteiger partial charge < -0.3 is 4.74 Å². The van der Waals surface area contributed by atoms with Crippen molar-refractivity contribution in [2.24, 2.45) is 0 Å². The molecule has 4 heteroatoms. The van der Waals surface area contributed by atoms with E-state index in [9.17, 15) is 9.59 Å². The maximum atomic E-state index is 11.5. The molecular weight excluding hydrogens is 200 g/mol. The Morgan fingerprint density at radius 1 is 1.50 bits per heavy atom. The fourth-order valence-corrected chi connectivity index (χ4v) is 1.58. The molecule has 0 aliphatic carbocycles. The molecule has 0 radical (unpaired) electrons. The Morgan fingerprint density at radius 3 is 2.57 bits per heavy atom. The van der Waals surface area contributed by atoms with Gasteiger partial charge in [-0.05, 0) is 26.8 Å². The Morgan fingerprint density at radius 2 is 2.14 bits per heavy atom. The van der Waals surface area contributed by atoms with Crippen LogP contribution in [0, 0.1) is 0 Å². The molecule has 0 fully saturated rings. The van der Waals surface area contributed by atoms with Crippen molar-refractivity contribution < 1.29 is 14.3 Å². The standard InChI is InChI=1S/C10H12O3S/c1-10(2,3)13-9(12)8-4-7(5-11)6-14-8/h4-6H,1-3H3. The van der Waals surface area contributed by atoms with Crippen LogP contribution in [-0.2, 0) is 4.74 Å². The third-order valence-electron chi connectivity index (χ3n) is 1.36. The number of ether oxygens (including phenoxy) is 1. The molecule has 0 N–H and O–H groups in total. The Hall–Kier alpha value is -1.16. The van der Waals surface area contributed by atoms with Gasteiger partial charge in [0.25, 0.3) is 0 Å². The first kappa shape index (κ1) is 10.9. The molecule has 0 bridgehead atoms. The third-order valence-corrected chi connectivity index (χ3v) is 2.28. The molecular formula is C10H12O3S. The molecule has 1 heterocycles. The van der Waals surface area contributed by atoms with Gasteiger partial charge in [0.15, 0.2) is 6.29 Å². The van der Waals surface area contributed by atoms with Gasteiger partial charge in [-0.25, -0.2) is 4.79 Å². The molecule has 0 aliphatic rings. The molecule has 0 atom stereocenters. The summed E-state index contributed by atoms with van der Waals surface area (Å²) in [5, 5.41) is 1.63. The first-order valence-corrected chi connectivity index (χ1v) is 5.07. The monoisotopic (exact) mass is 212 g/mol. The van der Waals surface area contributed by atoms with Gasteiger partial charge in [-0.1, -0.05) is 0 Å². The SMILES string of the molecule is CC(C)(C)OC(=O)c1cc(C=O)cs1. The van der Waals surface area contributed by atoms with Crippen LogP contribution >= 0.6 is 11.3 Å². The lowest BCUT2D eigenvalue weighted by atomic mass is 10.2. The van der Waals surface area contributed by atoms with Crippen LogP contribution in [0.15, 0.2) is 11.4 Å². The zero-order valence-electron chi connectivity index (χ0n) is 8.37. The predicted octanol–water partition coefficient (Wildman–Crippen LogP) is 2.52. The van der Waals surface area contributed by atoms with Crippen LogP contribution in [0.5, 0.6) is 0 Å². The van der Waals surface area contributed by atoms with Gasteiger partial charge >= 0.3 is 5.97 Å². The van der Waals surface area contributed by atoms with Crippen molar-refractivity contribution in [3.05, 3.63) is 21.9 Å². The summed E-state index contributed by atoms with van der Waals surface area (Å²) in [6, 6.07) is 1.53. The van der Waals surface area contributed by atoms with Crippen LogP contribution in [0.2, 0.25) is 0 Å². The third kappa shape index (κ3) is 2.96. The van der Waals surface area contributed by atoms with Gasteiger partial charge in [0.05, 0.1) is 0 Å². The number of carbonyl (C=O) groups excluding carboxylic acids is 2. The molecule has 0 unspecified atom stereocenters. The van der Waals surface area contributed by atoms with Crippen LogP contribution in [-0.4, -0.2) is 17.9 Å². The highest BCUT2D eigenvalue weighted by atomic mass is 32.1. The second-order valence-corrected chi connectivity index (χ2v) is 4.78. The Kier molecular flexibility index (Phi) is 3.06. The molecule has 1 rings (SSSR count). The number of hydrogen-bond acceptors (Lipinski definition) is 4. The van der Waals surface area contributed by atoms with Crippen LogP contribution in [0.1, 0.15) is 40.8 Å². The van der Waals surface area contributed by atoms with Crippen molar-refractivity contribution >= 4 is 23.6 Å². The van der Waals surface area contributed by atoms with E-state index in [4.69, 9.17) is 4.74 Å². The van der Waals surface area contributed by atoms with Crippen molar-refractivity contribution in [1.82, 2.24) is 0 Å². The molecule has 76 valence electrons. The number of esters is 1. The normalized spacial score (nSPS) is 11.1. The topological polar surface area (TPSA) is 43.4 Å². The molecule has 0 saturated carbocycles. The fraction of sp³-hybridized carbons (Fsp3) is 0.400. The van der Waals surface area contributed by atoms with E-state index >= 15 is 0 Å². The predicted molar refractivity (Wildman–Crippen MR) is 54.9 cm³/mol. The lowest BCUT2D eigenvalue weighted by Crippen LogP contribution is -2.23. The summed E-state index contributed by atoms with van der Waals surface area (Å²) in [7, 11) is 0. The van der Waals surface area contributed by atoms with Crippen molar-refractivity contribution in [2.45, 2.75) is 26.4 Å². The number of hydrogen-bond donors (Lipinski definition) is 0. The Balaban J connectivity index is 2.75. The van der Waals surface area contributed by atoms with Gasteiger partial charge in [-0.15, -0.1) is 11.3 Å². The smallest absolute Gasteiger partial charge is 0.348 e. The molecule has 3 nitrogen and oxygen atoms in total. The van der Waals surface area contributed by atoms with Crippen molar-refractivity contribution in [1.29, 1.82) is 0 Å². The summed E-state index contributed by atoms with van der Waals surface area (Å²) in [5.74, 6) is -0.379. The summed E-state index contributed by atoms with van der Waals surface area (Å²) in [4.78, 5) is 22.3. The lowest BCUT2D eigenvalue weighted by molar-refractivity contribution is 0.00752. The maximum absolute atomic E-state index is 11.5. The number of carbonyl (C=O) groups is 2. The lowest BCUT2D eigenvalue weighted by Gasteiger charge is -2.18. The molecule has 1 aromatic heterocycles. The van der Waals surface area contributed by atoms with Crippen LogP contribution < -0.4 is 0 Å². The van der Waals surface area contributed by atoms with E-state index in [1.807, 2.05) is 0 Å². The molecule has 0 aromatic carbocycles. The first-order chi connectivity index (χ1) is 6.42. The number of aldehydes is 1. The Bertz CT molecular complexity index is 346. The molecule has 0 aliphatic heterocycles. The van der Waals surface area contributed by atoms with E-state index < -0.39 is 5.60 Å². The first-order valence-electron chi connectivity index (χ1n) is 4.19. The van der Waals surface area contributed by atoms with Crippen molar-refractivity contribution in [3.63, 3.8) is 0 Å². The van der Waals surface area contributed by atoms with Crippen molar-refractivity contribution in [3.8, 4) is 0 Å². The van der Waals surface area contributed by atoms with Crippen LogP contribution in [0.4, 0.5) is 0 Å². The minimum Gasteiger partial charge on any atom is -0.456 e. The highest BCUT2D eigenvalue weighted by Crippen LogP contribution is 2.17. The highest BCUT2D eigenvalue weighted by Gasteiger charge is 2.18. The minimum absolute atomic E-state index is 0.379. The molecule has 0 spiro atoms. The van der Waals surface area contributed by atoms with Gasteiger partial charge in [0, 0.05) is 10.9 Å².